The van der Waals surface area contributed by atoms with Crippen LogP contribution in [0.2, 0.25) is 0 Å². The van der Waals surface area contributed by atoms with Gasteiger partial charge in [0.25, 0.3) is 0 Å². The number of hydrogen-bond donors (Lipinski definition) is 0. The number of nitrogens with zero attached hydrogens (tertiary/aromatic N) is 4. The molecule has 0 N–H and O–H groups in total. The molecule has 0 aliphatic carbocycles. The Morgan fingerprint density at radius 3 is 2.77 bits per heavy atom. The van der Waals surface area contributed by atoms with Gasteiger partial charge in [-0.2, -0.15) is 5.10 Å². The minimum absolute atomic E-state index is 0.338. The van der Waals surface area contributed by atoms with E-state index in [0.717, 1.165) is 15.4 Å². The summed E-state index contributed by atoms with van der Waals surface area (Å²) in [7, 11) is 0. The lowest BCUT2D eigenvalue weighted by atomic mass is 10.1. The first-order chi connectivity index (χ1) is 12.3. The molecule has 2 heterocycles. The zero-order valence-electron chi connectivity index (χ0n) is 14.6. The van der Waals surface area contributed by atoms with Crippen molar-refractivity contribution in [2.24, 2.45) is 0 Å². The van der Waals surface area contributed by atoms with Gasteiger partial charge in [0.05, 0.1) is 11.7 Å². The summed E-state index contributed by atoms with van der Waals surface area (Å²) < 4.78 is 7.95. The van der Waals surface area contributed by atoms with Crippen molar-refractivity contribution in [2.45, 2.75) is 32.4 Å². The maximum absolute atomic E-state index is 12.3. The molecule has 132 valence electrons. The highest BCUT2D eigenvalue weighted by atomic mass is 79.9. The molecule has 0 bridgehead atoms. The van der Waals surface area contributed by atoms with Crippen LogP contribution in [0.3, 0.4) is 0 Å². The van der Waals surface area contributed by atoms with Gasteiger partial charge in [0.1, 0.15) is 11.3 Å². The van der Waals surface area contributed by atoms with Crippen LogP contribution in [0.4, 0.5) is 0 Å². The Morgan fingerprint density at radius 1 is 1.31 bits per heavy atom. The molecule has 7 heteroatoms. The third kappa shape index (κ3) is 3.75. The summed E-state index contributed by atoms with van der Waals surface area (Å²) in [4.78, 5) is 20.2. The number of fused-ring (bicyclic) bond motifs is 1. The fourth-order valence-corrected chi connectivity index (χ4v) is 2.83. The number of carbonyl (C=O) groups is 1. The molecule has 0 spiro atoms. The molecule has 26 heavy (non-hydrogen) atoms. The van der Waals surface area contributed by atoms with E-state index in [1.807, 2.05) is 18.2 Å². The predicted octanol–water partition coefficient (Wildman–Crippen LogP) is 4.49. The average molecular weight is 413 g/mol. The Hall–Kier alpha value is -2.72. The Bertz CT molecular complexity index is 1010. The number of rotatable bonds is 3. The monoisotopic (exact) mass is 412 g/mol. The van der Waals surface area contributed by atoms with Crippen LogP contribution in [-0.2, 0) is 9.53 Å². The van der Waals surface area contributed by atoms with E-state index < -0.39 is 17.6 Å². The van der Waals surface area contributed by atoms with Gasteiger partial charge in [-0.25, -0.2) is 21.0 Å². The van der Waals surface area contributed by atoms with Crippen LogP contribution in [-0.4, -0.2) is 26.3 Å². The smallest absolute Gasteiger partial charge is 0.397 e. The zero-order chi connectivity index (χ0) is 18.9. The van der Waals surface area contributed by atoms with Crippen LogP contribution in [0.25, 0.3) is 21.6 Å². The van der Waals surface area contributed by atoms with Crippen LogP contribution in [0.5, 0.6) is 0 Å². The summed E-state index contributed by atoms with van der Waals surface area (Å²) in [5.41, 5.74) is 0.549. The van der Waals surface area contributed by atoms with E-state index in [1.54, 1.807) is 49.8 Å². The normalized spacial score (nSPS) is 12.6. The number of halogens is 1. The van der Waals surface area contributed by atoms with E-state index in [2.05, 4.69) is 30.9 Å². The van der Waals surface area contributed by atoms with Crippen molar-refractivity contribution >= 4 is 32.8 Å². The zero-order valence-corrected chi connectivity index (χ0v) is 16.2. The van der Waals surface area contributed by atoms with Crippen LogP contribution >= 0.6 is 15.9 Å². The van der Waals surface area contributed by atoms with E-state index >= 15 is 0 Å². The molecule has 3 aromatic rings. The van der Waals surface area contributed by atoms with Gasteiger partial charge < -0.3 is 4.74 Å². The molecule has 0 amide bonds. The van der Waals surface area contributed by atoms with Crippen LogP contribution < -0.4 is 0 Å². The van der Waals surface area contributed by atoms with Gasteiger partial charge in [0.2, 0.25) is 0 Å². The van der Waals surface area contributed by atoms with Crippen molar-refractivity contribution < 1.29 is 9.53 Å². The topological polar surface area (TPSA) is 61.4 Å². The third-order valence-electron chi connectivity index (χ3n) is 3.55. The molecular weight excluding hydrogens is 396 g/mol. The highest BCUT2D eigenvalue weighted by Gasteiger charge is 2.33. The molecule has 1 unspecified atom stereocenters. The van der Waals surface area contributed by atoms with Crippen LogP contribution in [0.15, 0.2) is 47.1 Å². The van der Waals surface area contributed by atoms with Gasteiger partial charge in [0.15, 0.2) is 5.82 Å². The van der Waals surface area contributed by atoms with Gasteiger partial charge in [-0.3, -0.25) is 4.85 Å². The Morgan fingerprint density at radius 2 is 2.08 bits per heavy atom. The summed E-state index contributed by atoms with van der Waals surface area (Å²) in [5.74, 6) is -0.0713. The number of aromatic nitrogens is 3. The molecule has 0 aliphatic rings. The van der Waals surface area contributed by atoms with E-state index in [1.165, 1.54) is 0 Å². The fraction of sp³-hybridized carbons (Fsp3) is 0.263. The molecule has 0 saturated heterocycles. The lowest BCUT2D eigenvalue weighted by Gasteiger charge is -2.19. The van der Waals surface area contributed by atoms with Gasteiger partial charge in [-0.1, -0.05) is 28.1 Å². The molecule has 1 aromatic carbocycles. The van der Waals surface area contributed by atoms with E-state index in [-0.39, 0.29) is 0 Å². The minimum atomic E-state index is -1.11. The second kappa shape index (κ2) is 6.89. The standard InChI is InChI=1S/C19H17BrN4O2/c1-19(2,3)26-18(25)17(21-4)14-6-5-7-16(23-14)24-15-10-13(20)9-8-12(15)11-22-24/h5-11,17H,1-3H3. The number of esters is 1. The lowest BCUT2D eigenvalue weighted by molar-refractivity contribution is -0.155. The van der Waals surface area contributed by atoms with E-state index in [4.69, 9.17) is 11.3 Å². The fourth-order valence-electron chi connectivity index (χ4n) is 2.48. The van der Waals surface area contributed by atoms with Crippen molar-refractivity contribution in [3.05, 3.63) is 64.2 Å². The highest BCUT2D eigenvalue weighted by Crippen LogP contribution is 2.24. The molecule has 0 saturated carbocycles. The number of pyridine rings is 1. The van der Waals surface area contributed by atoms with Crippen LogP contribution in [0, 0.1) is 6.57 Å². The van der Waals surface area contributed by atoms with Gasteiger partial charge in [-0.15, -0.1) is 0 Å². The van der Waals surface area contributed by atoms with Crippen molar-refractivity contribution in [1.82, 2.24) is 14.8 Å². The first-order valence-corrected chi connectivity index (χ1v) is 8.78. The summed E-state index contributed by atoms with van der Waals surface area (Å²) in [6.07, 6.45) is 1.75. The summed E-state index contributed by atoms with van der Waals surface area (Å²) in [6, 6.07) is 9.92. The lowest BCUT2D eigenvalue weighted by Crippen LogP contribution is -2.27. The Kier molecular flexibility index (Phi) is 4.79. The predicted molar refractivity (Wildman–Crippen MR) is 102 cm³/mol. The highest BCUT2D eigenvalue weighted by molar-refractivity contribution is 9.10. The molecule has 1 atom stereocenters. The third-order valence-corrected chi connectivity index (χ3v) is 4.04. The summed E-state index contributed by atoms with van der Waals surface area (Å²) >= 11 is 3.46. The molecular formula is C19H17BrN4O2. The molecule has 6 nitrogen and oxygen atoms in total. The van der Waals surface area contributed by atoms with Crippen LogP contribution in [0.1, 0.15) is 32.5 Å². The molecule has 0 fully saturated rings. The molecule has 0 radical (unpaired) electrons. The summed E-state index contributed by atoms with van der Waals surface area (Å²) in [5, 5.41) is 5.34. The number of hydrogen-bond acceptors (Lipinski definition) is 4. The van der Waals surface area contributed by atoms with Crippen molar-refractivity contribution in [1.29, 1.82) is 0 Å². The maximum atomic E-state index is 12.3. The molecule has 0 aliphatic heterocycles. The van der Waals surface area contributed by atoms with Crippen molar-refractivity contribution in [2.75, 3.05) is 0 Å². The minimum Gasteiger partial charge on any atom is -0.454 e. The average Bonchev–Trinajstić information content (AvgIpc) is 2.97. The molecule has 3 rings (SSSR count). The first kappa shape index (κ1) is 18.1. The second-order valence-corrected chi connectivity index (χ2v) is 7.66. The quantitative estimate of drug-likeness (QED) is 0.469. The largest absolute Gasteiger partial charge is 0.454 e. The number of carbonyl (C=O) groups excluding carboxylic acids is 1. The first-order valence-electron chi connectivity index (χ1n) is 7.98. The Balaban J connectivity index is 2.01. The second-order valence-electron chi connectivity index (χ2n) is 6.75. The maximum Gasteiger partial charge on any atom is 0.397 e. The van der Waals surface area contributed by atoms with Gasteiger partial charge >= 0.3 is 12.0 Å². The van der Waals surface area contributed by atoms with Gasteiger partial charge in [0, 0.05) is 9.86 Å². The Labute approximate surface area is 159 Å². The SMILES string of the molecule is [C-]#[N+]C(C(=O)OC(C)(C)C)c1cccc(-n2ncc3ccc(Br)cc32)n1. The van der Waals surface area contributed by atoms with Crippen molar-refractivity contribution in [3.63, 3.8) is 0 Å². The number of ether oxygens (including phenoxy) is 1. The van der Waals surface area contributed by atoms with Gasteiger partial charge in [-0.05, 0) is 45.0 Å². The van der Waals surface area contributed by atoms with E-state index in [0.29, 0.717) is 11.5 Å². The molecule has 2 aromatic heterocycles. The number of benzene rings is 1. The van der Waals surface area contributed by atoms with Crippen molar-refractivity contribution in [3.8, 4) is 5.82 Å². The summed E-state index contributed by atoms with van der Waals surface area (Å²) in [6.45, 7) is 12.7. The van der Waals surface area contributed by atoms with E-state index in [9.17, 15) is 4.79 Å².